The van der Waals surface area contributed by atoms with Gasteiger partial charge in [0.15, 0.2) is 0 Å². The van der Waals surface area contributed by atoms with E-state index in [1.807, 2.05) is 11.8 Å². The summed E-state index contributed by atoms with van der Waals surface area (Å²) >= 11 is 2.02. The Morgan fingerprint density at radius 2 is 1.89 bits per heavy atom. The van der Waals surface area contributed by atoms with Crippen molar-refractivity contribution in [3.63, 3.8) is 0 Å². The number of thioether (sulfide) groups is 1. The molecule has 18 heavy (non-hydrogen) atoms. The molecular formula is C16H27NS. The number of rotatable bonds is 8. The molecule has 1 aromatic carbocycles. The third-order valence-electron chi connectivity index (χ3n) is 3.27. The summed E-state index contributed by atoms with van der Waals surface area (Å²) in [4.78, 5) is 1.41. The van der Waals surface area contributed by atoms with Gasteiger partial charge in [-0.3, -0.25) is 0 Å². The van der Waals surface area contributed by atoms with Gasteiger partial charge in [-0.2, -0.15) is 0 Å². The Morgan fingerprint density at radius 1 is 1.17 bits per heavy atom. The first-order valence-corrected chi connectivity index (χ1v) is 8.09. The number of hydrogen-bond donors (Lipinski definition) is 1. The number of hydrogen-bond acceptors (Lipinski definition) is 2. The average Bonchev–Trinajstić information content (AvgIpc) is 2.42. The van der Waals surface area contributed by atoms with Gasteiger partial charge in [0.05, 0.1) is 0 Å². The molecule has 1 aromatic rings. The quantitative estimate of drug-likeness (QED) is 0.662. The van der Waals surface area contributed by atoms with Crippen LogP contribution < -0.4 is 5.32 Å². The molecule has 0 bridgehead atoms. The lowest BCUT2D eigenvalue weighted by molar-refractivity contribution is 0.570. The lowest BCUT2D eigenvalue weighted by Gasteiger charge is -2.16. The van der Waals surface area contributed by atoms with Gasteiger partial charge in [-0.1, -0.05) is 32.9 Å². The fourth-order valence-corrected chi connectivity index (χ4v) is 3.06. The Balaban J connectivity index is 2.66. The van der Waals surface area contributed by atoms with E-state index in [4.69, 9.17) is 0 Å². The maximum atomic E-state index is 3.55. The molecule has 0 saturated heterocycles. The first-order valence-electron chi connectivity index (χ1n) is 7.21. The van der Waals surface area contributed by atoms with Crippen molar-refractivity contribution in [1.29, 1.82) is 0 Å². The number of nitrogens with one attached hydrogen (secondary N) is 1. The first kappa shape index (κ1) is 15.6. The van der Waals surface area contributed by atoms with E-state index in [9.17, 15) is 0 Å². The minimum Gasteiger partial charge on any atom is -0.310 e. The van der Waals surface area contributed by atoms with E-state index in [2.05, 4.69) is 57.3 Å². The van der Waals surface area contributed by atoms with Crippen LogP contribution in [0.1, 0.15) is 58.6 Å². The highest BCUT2D eigenvalue weighted by Crippen LogP contribution is 2.29. The van der Waals surface area contributed by atoms with Crippen molar-refractivity contribution in [2.75, 3.05) is 6.54 Å². The Hall–Kier alpha value is -0.470. The van der Waals surface area contributed by atoms with Crippen LogP contribution in [0.2, 0.25) is 0 Å². The third-order valence-corrected chi connectivity index (χ3v) is 4.80. The van der Waals surface area contributed by atoms with E-state index in [-0.39, 0.29) is 0 Å². The molecule has 0 aliphatic rings. The SMILES string of the molecule is CCCNC(C)c1cccc(SC(CC)CC)c1. The Labute approximate surface area is 117 Å². The molecule has 102 valence electrons. The van der Waals surface area contributed by atoms with Crippen molar-refractivity contribution < 1.29 is 0 Å². The molecule has 0 aliphatic heterocycles. The summed E-state index contributed by atoms with van der Waals surface area (Å²) in [5, 5.41) is 4.30. The van der Waals surface area contributed by atoms with Gasteiger partial charge in [0, 0.05) is 16.2 Å². The molecule has 1 nitrogen and oxygen atoms in total. The lowest BCUT2D eigenvalue weighted by Crippen LogP contribution is -2.19. The van der Waals surface area contributed by atoms with Crippen LogP contribution in [0.5, 0.6) is 0 Å². The summed E-state index contributed by atoms with van der Waals surface area (Å²) in [6.07, 6.45) is 3.68. The van der Waals surface area contributed by atoms with Crippen molar-refractivity contribution in [2.45, 2.75) is 63.1 Å². The second kappa shape index (κ2) is 8.60. The first-order chi connectivity index (χ1) is 8.71. The average molecular weight is 265 g/mol. The monoisotopic (exact) mass is 265 g/mol. The van der Waals surface area contributed by atoms with Crippen LogP contribution in [-0.2, 0) is 0 Å². The molecule has 0 radical (unpaired) electrons. The molecule has 1 rings (SSSR count). The van der Waals surface area contributed by atoms with Crippen molar-refractivity contribution >= 4 is 11.8 Å². The highest BCUT2D eigenvalue weighted by molar-refractivity contribution is 8.00. The maximum absolute atomic E-state index is 3.55. The van der Waals surface area contributed by atoms with Gasteiger partial charge in [0.2, 0.25) is 0 Å². The predicted octanol–water partition coefficient (Wildman–Crippen LogP) is 5.03. The van der Waals surface area contributed by atoms with Gasteiger partial charge in [0.25, 0.3) is 0 Å². The maximum Gasteiger partial charge on any atom is 0.0292 e. The molecule has 0 aliphatic carbocycles. The van der Waals surface area contributed by atoms with Crippen molar-refractivity contribution in [3.05, 3.63) is 29.8 Å². The normalized spacial score (nSPS) is 12.9. The molecule has 0 spiro atoms. The van der Waals surface area contributed by atoms with Gasteiger partial charge in [-0.05, 0) is 50.4 Å². The number of benzene rings is 1. The van der Waals surface area contributed by atoms with Crippen LogP contribution in [0, 0.1) is 0 Å². The van der Waals surface area contributed by atoms with E-state index >= 15 is 0 Å². The summed E-state index contributed by atoms with van der Waals surface area (Å²) < 4.78 is 0. The highest BCUT2D eigenvalue weighted by atomic mass is 32.2. The van der Waals surface area contributed by atoms with Crippen LogP contribution >= 0.6 is 11.8 Å². The van der Waals surface area contributed by atoms with E-state index in [0.717, 1.165) is 11.8 Å². The molecule has 2 heteroatoms. The van der Waals surface area contributed by atoms with Gasteiger partial charge in [-0.15, -0.1) is 11.8 Å². The van der Waals surface area contributed by atoms with Crippen LogP contribution in [0.15, 0.2) is 29.2 Å². The highest BCUT2D eigenvalue weighted by Gasteiger charge is 2.08. The van der Waals surface area contributed by atoms with Gasteiger partial charge < -0.3 is 5.32 Å². The van der Waals surface area contributed by atoms with Crippen molar-refractivity contribution in [2.24, 2.45) is 0 Å². The topological polar surface area (TPSA) is 12.0 Å². The second-order valence-corrected chi connectivity index (χ2v) is 6.18. The Bertz CT molecular complexity index is 334. The Kier molecular flexibility index (Phi) is 7.45. The molecule has 0 amide bonds. The minimum absolute atomic E-state index is 0.451. The fraction of sp³-hybridized carbons (Fsp3) is 0.625. The van der Waals surface area contributed by atoms with E-state index in [1.54, 1.807) is 0 Å². The zero-order valence-electron chi connectivity index (χ0n) is 12.2. The van der Waals surface area contributed by atoms with Crippen LogP contribution in [0.4, 0.5) is 0 Å². The van der Waals surface area contributed by atoms with E-state index in [0.29, 0.717) is 6.04 Å². The summed E-state index contributed by atoms with van der Waals surface area (Å²) in [5.74, 6) is 0. The van der Waals surface area contributed by atoms with Crippen LogP contribution in [0.3, 0.4) is 0 Å². The second-order valence-electron chi connectivity index (χ2n) is 4.80. The van der Waals surface area contributed by atoms with E-state index in [1.165, 1.54) is 29.7 Å². The predicted molar refractivity (Wildman–Crippen MR) is 83.4 cm³/mol. The summed E-state index contributed by atoms with van der Waals surface area (Å²) in [6, 6.07) is 9.44. The Morgan fingerprint density at radius 3 is 2.50 bits per heavy atom. The standard InChI is InChI=1S/C16H27NS/c1-5-11-17-13(4)14-9-8-10-16(12-14)18-15(6-2)7-3/h8-10,12-13,15,17H,5-7,11H2,1-4H3. The van der Waals surface area contributed by atoms with Gasteiger partial charge in [0.1, 0.15) is 0 Å². The minimum atomic E-state index is 0.451. The smallest absolute Gasteiger partial charge is 0.0292 e. The van der Waals surface area contributed by atoms with Crippen LogP contribution in [0.25, 0.3) is 0 Å². The molecule has 1 N–H and O–H groups in total. The van der Waals surface area contributed by atoms with E-state index < -0.39 is 0 Å². The third kappa shape index (κ3) is 5.03. The van der Waals surface area contributed by atoms with Crippen molar-refractivity contribution in [1.82, 2.24) is 5.32 Å². The van der Waals surface area contributed by atoms with Crippen molar-refractivity contribution in [3.8, 4) is 0 Å². The summed E-state index contributed by atoms with van der Waals surface area (Å²) in [5.41, 5.74) is 1.40. The molecular weight excluding hydrogens is 238 g/mol. The molecule has 0 heterocycles. The molecule has 0 saturated carbocycles. The molecule has 0 aromatic heterocycles. The lowest BCUT2D eigenvalue weighted by atomic mass is 10.1. The molecule has 0 fully saturated rings. The van der Waals surface area contributed by atoms with Gasteiger partial charge >= 0.3 is 0 Å². The summed E-state index contributed by atoms with van der Waals surface area (Å²) in [7, 11) is 0. The zero-order valence-corrected chi connectivity index (χ0v) is 13.0. The zero-order chi connectivity index (χ0) is 13.4. The van der Waals surface area contributed by atoms with Crippen LogP contribution in [-0.4, -0.2) is 11.8 Å². The summed E-state index contributed by atoms with van der Waals surface area (Å²) in [6.45, 7) is 10.1. The molecule has 1 unspecified atom stereocenters. The fourth-order valence-electron chi connectivity index (χ4n) is 1.98. The van der Waals surface area contributed by atoms with Gasteiger partial charge in [-0.25, -0.2) is 0 Å². The largest absolute Gasteiger partial charge is 0.310 e. The molecule has 1 atom stereocenters.